The summed E-state index contributed by atoms with van der Waals surface area (Å²) in [7, 11) is 3.66. The van der Waals surface area contributed by atoms with Gasteiger partial charge in [0.2, 0.25) is 5.95 Å². The maximum atomic E-state index is 12.5. The average molecular weight is 509 g/mol. The lowest BCUT2D eigenvalue weighted by atomic mass is 10.2. The number of ether oxygens (including phenoxy) is 1. The maximum Gasteiger partial charge on any atom is 0.573 e. The maximum absolute atomic E-state index is 12.5. The van der Waals surface area contributed by atoms with Gasteiger partial charge in [0.25, 0.3) is 5.91 Å². The number of carbonyl (C=O) groups excluding carboxylic acids is 1. The number of aromatic nitrogens is 3. The molecule has 0 bridgehead atoms. The van der Waals surface area contributed by atoms with Gasteiger partial charge >= 0.3 is 6.36 Å². The highest BCUT2D eigenvalue weighted by molar-refractivity contribution is 7.22. The van der Waals surface area contributed by atoms with E-state index in [1.807, 2.05) is 11.9 Å². The molecular formula is C22H23F3N6O3S. The molecule has 3 N–H and O–H groups in total. The van der Waals surface area contributed by atoms with Crippen molar-refractivity contribution in [3.63, 3.8) is 0 Å². The van der Waals surface area contributed by atoms with Gasteiger partial charge in [0.1, 0.15) is 5.75 Å². The Morgan fingerprint density at radius 3 is 2.71 bits per heavy atom. The molecule has 9 nitrogen and oxygen atoms in total. The summed E-state index contributed by atoms with van der Waals surface area (Å²) < 4.78 is 43.8. The molecule has 2 aromatic carbocycles. The minimum absolute atomic E-state index is 0.0572. The second kappa shape index (κ2) is 10.1. The zero-order valence-electron chi connectivity index (χ0n) is 18.9. The van der Waals surface area contributed by atoms with Crippen molar-refractivity contribution in [3.05, 3.63) is 42.0 Å². The Balaban J connectivity index is 1.48. The fourth-order valence-electron chi connectivity index (χ4n) is 3.45. The molecule has 1 amide bonds. The number of nitrogens with one attached hydrogen (secondary N) is 2. The molecule has 0 aliphatic carbocycles. The van der Waals surface area contributed by atoms with E-state index in [9.17, 15) is 18.0 Å². The number of halogens is 3. The highest BCUT2D eigenvalue weighted by Gasteiger charge is 2.31. The molecule has 0 unspecified atom stereocenters. The average Bonchev–Trinajstić information content (AvgIpc) is 3.32. The summed E-state index contributed by atoms with van der Waals surface area (Å²) >= 11 is 1.17. The Morgan fingerprint density at radius 2 is 1.97 bits per heavy atom. The van der Waals surface area contributed by atoms with Crippen LogP contribution in [-0.4, -0.2) is 70.1 Å². The first-order valence-corrected chi connectivity index (χ1v) is 11.4. The minimum Gasteiger partial charge on any atom is -0.406 e. The van der Waals surface area contributed by atoms with Crippen LogP contribution in [0.15, 0.2) is 36.4 Å². The summed E-state index contributed by atoms with van der Waals surface area (Å²) in [4.78, 5) is 23.4. The first-order chi connectivity index (χ1) is 16.6. The summed E-state index contributed by atoms with van der Waals surface area (Å²) in [5.41, 5.74) is 2.37. The third-order valence-electron chi connectivity index (χ3n) is 5.22. The number of aryl methyl sites for hydroxylation is 1. The summed E-state index contributed by atoms with van der Waals surface area (Å²) in [6, 6.07) is 9.14. The lowest BCUT2D eigenvalue weighted by molar-refractivity contribution is -0.274. The quantitative estimate of drug-likeness (QED) is 0.318. The van der Waals surface area contributed by atoms with E-state index in [0.29, 0.717) is 52.0 Å². The monoisotopic (exact) mass is 508 g/mol. The number of amides is 1. The number of rotatable bonds is 9. The smallest absolute Gasteiger partial charge is 0.406 e. The molecule has 0 saturated heterocycles. The Hall–Kier alpha value is -3.42. The predicted molar refractivity (Wildman–Crippen MR) is 127 cm³/mol. The SMILES string of the molecule is CN(CCO)CCNC(=O)c1ccc2c(c1)nc(Nc1nc3ccc(OC(F)(F)F)cc3s1)n2C. The third-order valence-corrected chi connectivity index (χ3v) is 6.15. The molecule has 4 rings (SSSR count). The van der Waals surface area contributed by atoms with Crippen LogP contribution in [0.1, 0.15) is 10.4 Å². The molecule has 0 saturated carbocycles. The third kappa shape index (κ3) is 5.99. The largest absolute Gasteiger partial charge is 0.573 e. The van der Waals surface area contributed by atoms with Gasteiger partial charge in [-0.2, -0.15) is 0 Å². The molecule has 186 valence electrons. The first kappa shape index (κ1) is 24.7. The molecule has 0 radical (unpaired) electrons. The Labute approximate surface area is 202 Å². The second-order valence-corrected chi connectivity index (χ2v) is 8.83. The zero-order chi connectivity index (χ0) is 25.2. The van der Waals surface area contributed by atoms with E-state index in [1.54, 1.807) is 29.8 Å². The van der Waals surface area contributed by atoms with Crippen LogP contribution in [0.2, 0.25) is 0 Å². The normalized spacial score (nSPS) is 12.0. The number of aliphatic hydroxyl groups excluding tert-OH is 1. The van der Waals surface area contributed by atoms with E-state index in [1.165, 1.54) is 29.5 Å². The van der Waals surface area contributed by atoms with Gasteiger partial charge in [0.05, 0.1) is 27.9 Å². The number of likely N-dealkylation sites (N-methyl/N-ethyl adjacent to an activating group) is 1. The fourth-order valence-corrected chi connectivity index (χ4v) is 4.34. The number of imidazole rings is 1. The number of benzene rings is 2. The molecule has 0 atom stereocenters. The highest BCUT2D eigenvalue weighted by Crippen LogP contribution is 2.33. The van der Waals surface area contributed by atoms with Crippen LogP contribution in [-0.2, 0) is 7.05 Å². The Morgan fingerprint density at radius 1 is 1.17 bits per heavy atom. The van der Waals surface area contributed by atoms with Crippen molar-refractivity contribution in [1.82, 2.24) is 24.8 Å². The molecule has 0 aliphatic rings. The van der Waals surface area contributed by atoms with Crippen molar-refractivity contribution < 1.29 is 27.8 Å². The van der Waals surface area contributed by atoms with Gasteiger partial charge in [-0.25, -0.2) is 9.97 Å². The van der Waals surface area contributed by atoms with Gasteiger partial charge < -0.3 is 29.9 Å². The van der Waals surface area contributed by atoms with Gasteiger partial charge in [-0.05, 0) is 37.4 Å². The number of aliphatic hydroxyl groups is 1. The molecule has 0 spiro atoms. The number of hydrogen-bond acceptors (Lipinski definition) is 8. The van der Waals surface area contributed by atoms with Crippen LogP contribution < -0.4 is 15.4 Å². The predicted octanol–water partition coefficient (Wildman–Crippen LogP) is 3.48. The number of carbonyl (C=O) groups is 1. The van der Waals surface area contributed by atoms with Crippen molar-refractivity contribution in [2.75, 3.05) is 38.6 Å². The van der Waals surface area contributed by atoms with Gasteiger partial charge in [-0.3, -0.25) is 4.79 Å². The van der Waals surface area contributed by atoms with Crippen LogP contribution in [0.3, 0.4) is 0 Å². The Kier molecular flexibility index (Phi) is 7.10. The van der Waals surface area contributed by atoms with Crippen LogP contribution in [0.25, 0.3) is 21.3 Å². The number of fused-ring (bicyclic) bond motifs is 2. The molecular weight excluding hydrogens is 485 g/mol. The van der Waals surface area contributed by atoms with Crippen molar-refractivity contribution in [3.8, 4) is 5.75 Å². The van der Waals surface area contributed by atoms with Crippen molar-refractivity contribution in [2.24, 2.45) is 7.05 Å². The number of hydrogen-bond donors (Lipinski definition) is 3. The standard InChI is InChI=1S/C22H23F3N6O3S/c1-30(9-10-32)8-7-26-19(33)13-3-6-17-16(11-13)27-20(31(17)2)29-21-28-15-5-4-14(12-18(15)35-21)34-22(23,24)25/h3-6,11-12,32H,7-10H2,1-2H3,(H,26,33)(H,27,28,29). The van der Waals surface area contributed by atoms with E-state index in [0.717, 1.165) is 5.52 Å². The summed E-state index contributed by atoms with van der Waals surface area (Å²) in [5, 5.41) is 15.3. The molecule has 0 aliphatic heterocycles. The molecule has 4 aromatic rings. The van der Waals surface area contributed by atoms with Crippen LogP contribution >= 0.6 is 11.3 Å². The fraction of sp³-hybridized carbons (Fsp3) is 0.318. The number of anilines is 2. The van der Waals surface area contributed by atoms with Crippen molar-refractivity contribution >= 4 is 49.6 Å². The van der Waals surface area contributed by atoms with Crippen LogP contribution in [0.4, 0.5) is 24.3 Å². The van der Waals surface area contributed by atoms with E-state index in [2.05, 4.69) is 25.3 Å². The molecule has 13 heteroatoms. The van der Waals surface area contributed by atoms with Gasteiger partial charge in [0, 0.05) is 38.3 Å². The lowest BCUT2D eigenvalue weighted by Crippen LogP contribution is -2.34. The van der Waals surface area contributed by atoms with Crippen LogP contribution in [0, 0.1) is 0 Å². The second-order valence-electron chi connectivity index (χ2n) is 7.80. The van der Waals surface area contributed by atoms with E-state index in [4.69, 9.17) is 5.11 Å². The Bertz CT molecular complexity index is 1350. The zero-order valence-corrected chi connectivity index (χ0v) is 19.7. The number of alkyl halides is 3. The number of nitrogens with zero attached hydrogens (tertiary/aromatic N) is 4. The number of thiazole rings is 1. The van der Waals surface area contributed by atoms with Gasteiger partial charge in [-0.1, -0.05) is 11.3 Å². The van der Waals surface area contributed by atoms with Crippen LogP contribution in [0.5, 0.6) is 5.75 Å². The first-order valence-electron chi connectivity index (χ1n) is 10.6. The summed E-state index contributed by atoms with van der Waals surface area (Å²) in [6.45, 7) is 1.64. The topological polar surface area (TPSA) is 105 Å². The molecule has 2 heterocycles. The van der Waals surface area contributed by atoms with Crippen molar-refractivity contribution in [2.45, 2.75) is 6.36 Å². The van der Waals surface area contributed by atoms with E-state index >= 15 is 0 Å². The summed E-state index contributed by atoms with van der Waals surface area (Å²) in [6.07, 6.45) is -4.77. The molecule has 2 aromatic heterocycles. The van der Waals surface area contributed by atoms with Crippen molar-refractivity contribution in [1.29, 1.82) is 0 Å². The highest BCUT2D eigenvalue weighted by atomic mass is 32.1. The summed E-state index contributed by atoms with van der Waals surface area (Å²) in [5.74, 6) is -0.0738. The van der Waals surface area contributed by atoms with E-state index < -0.39 is 6.36 Å². The lowest BCUT2D eigenvalue weighted by Gasteiger charge is -2.15. The molecule has 0 fully saturated rings. The molecule has 35 heavy (non-hydrogen) atoms. The van der Waals surface area contributed by atoms with Gasteiger partial charge in [0.15, 0.2) is 5.13 Å². The van der Waals surface area contributed by atoms with E-state index in [-0.39, 0.29) is 18.3 Å². The van der Waals surface area contributed by atoms with Gasteiger partial charge in [-0.15, -0.1) is 13.2 Å². The minimum atomic E-state index is -4.77.